The molecule has 1 atom stereocenters. The van der Waals surface area contributed by atoms with Gasteiger partial charge in [-0.15, -0.1) is 0 Å². The first kappa shape index (κ1) is 37.5. The maximum Gasteiger partial charge on any atom is 0.255 e. The first-order chi connectivity index (χ1) is 27.8. The molecule has 11 heteroatoms. The number of nitrogens with one attached hydrogen (secondary N) is 1. The number of hydrogen-bond acceptors (Lipinski definition) is 9. The minimum atomic E-state index is -0.654. The summed E-state index contributed by atoms with van der Waals surface area (Å²) in [5, 5.41) is 12.3. The number of anilines is 1. The number of carbonyl (C=O) groups excluding carboxylic acids is 3. The molecular weight excluding hydrogens is 719 g/mol. The molecule has 5 aromatic rings. The van der Waals surface area contributed by atoms with Crippen LogP contribution in [0.2, 0.25) is 0 Å². The molecule has 11 nitrogen and oxygen atoms in total. The minimum absolute atomic E-state index is 0.213. The number of hydrogen-bond donors (Lipinski definition) is 2. The standard InChI is InChI=1S/C46H45N5O6/c1-2-39(31-6-4-3-5-7-31)44(32-8-12-35(52)13-9-32)33-10-14-36(15-11-33)56-27-26-49-22-24-50(25-23-49)42-20-17-38(29-47-42)57-37-16-18-40-34(28-37)30-51(46(40)55)41-19-21-43(53)48-45(41)54/h3-18,20,28-29,41,52H,2,19,21-27,30H2,1H3,(H,48,53,54). The largest absolute Gasteiger partial charge is 0.508 e. The maximum atomic E-state index is 13.0. The van der Waals surface area contributed by atoms with Gasteiger partial charge in [0.15, 0.2) is 0 Å². The third kappa shape index (κ3) is 8.39. The Morgan fingerprint density at radius 3 is 2.19 bits per heavy atom. The second-order valence-electron chi connectivity index (χ2n) is 14.5. The summed E-state index contributed by atoms with van der Waals surface area (Å²) in [5.74, 6) is 2.18. The normalized spacial score (nSPS) is 17.6. The van der Waals surface area contributed by atoms with Crippen LogP contribution in [0.3, 0.4) is 0 Å². The van der Waals surface area contributed by atoms with Crippen LogP contribution in [0.1, 0.15) is 58.8 Å². The number of phenols is 1. The zero-order valence-electron chi connectivity index (χ0n) is 31.9. The van der Waals surface area contributed by atoms with Gasteiger partial charge in [0.25, 0.3) is 5.91 Å². The van der Waals surface area contributed by atoms with Gasteiger partial charge in [0.05, 0.1) is 6.20 Å². The number of benzene rings is 4. The lowest BCUT2D eigenvalue weighted by molar-refractivity contribution is -0.136. The number of piperidine rings is 1. The number of fused-ring (bicyclic) bond motifs is 1. The molecule has 1 unspecified atom stereocenters. The monoisotopic (exact) mass is 763 g/mol. The van der Waals surface area contributed by atoms with Gasteiger partial charge >= 0.3 is 0 Å². The Morgan fingerprint density at radius 1 is 0.807 bits per heavy atom. The van der Waals surface area contributed by atoms with Crippen molar-refractivity contribution >= 4 is 34.7 Å². The second kappa shape index (κ2) is 16.7. The predicted octanol–water partition coefficient (Wildman–Crippen LogP) is 6.91. The maximum absolute atomic E-state index is 13.0. The number of imide groups is 1. The van der Waals surface area contributed by atoms with E-state index in [9.17, 15) is 19.5 Å². The molecule has 2 fully saturated rings. The molecule has 0 bridgehead atoms. The van der Waals surface area contributed by atoms with Crippen molar-refractivity contribution in [3.8, 4) is 23.0 Å². The van der Waals surface area contributed by atoms with Crippen molar-refractivity contribution in [2.45, 2.75) is 38.8 Å². The summed E-state index contributed by atoms with van der Waals surface area (Å²) in [6, 6.07) is 34.7. The molecule has 0 radical (unpaired) electrons. The molecule has 290 valence electrons. The Morgan fingerprint density at radius 2 is 1.51 bits per heavy atom. The van der Waals surface area contributed by atoms with Crippen LogP contribution in [0.15, 0.2) is 115 Å². The van der Waals surface area contributed by atoms with Crippen LogP contribution in [0, 0.1) is 0 Å². The number of amides is 3. The van der Waals surface area contributed by atoms with Crippen LogP contribution in [0.4, 0.5) is 5.82 Å². The van der Waals surface area contributed by atoms with Gasteiger partial charge in [-0.1, -0.05) is 61.5 Å². The minimum Gasteiger partial charge on any atom is -0.508 e. The van der Waals surface area contributed by atoms with E-state index in [1.807, 2.05) is 48.5 Å². The number of carbonyl (C=O) groups is 3. The van der Waals surface area contributed by atoms with Gasteiger partial charge in [0.2, 0.25) is 11.8 Å². The highest BCUT2D eigenvalue weighted by molar-refractivity contribution is 6.05. The number of allylic oxidation sites excluding steroid dienone is 1. The zero-order valence-corrected chi connectivity index (χ0v) is 31.9. The zero-order chi connectivity index (χ0) is 39.3. The molecule has 3 amide bonds. The lowest BCUT2D eigenvalue weighted by Crippen LogP contribution is -2.52. The second-order valence-corrected chi connectivity index (χ2v) is 14.5. The number of aromatic hydroxyl groups is 1. The topological polar surface area (TPSA) is 125 Å². The summed E-state index contributed by atoms with van der Waals surface area (Å²) in [5.41, 5.74) is 7.04. The summed E-state index contributed by atoms with van der Waals surface area (Å²) in [4.78, 5) is 47.9. The molecule has 4 heterocycles. The number of ether oxygens (including phenoxy) is 2. The van der Waals surface area contributed by atoms with Crippen LogP contribution in [-0.2, 0) is 16.1 Å². The molecule has 8 rings (SSSR count). The summed E-state index contributed by atoms with van der Waals surface area (Å²) < 4.78 is 12.3. The number of aromatic nitrogens is 1. The van der Waals surface area contributed by atoms with Crippen molar-refractivity contribution < 1.29 is 29.0 Å². The van der Waals surface area contributed by atoms with E-state index in [1.54, 1.807) is 30.5 Å². The molecule has 1 aromatic heterocycles. The SMILES string of the molecule is CCC(=C(c1ccc(O)cc1)c1ccc(OCCN2CCN(c3ccc(Oc4ccc5c(c4)CN(C4CCC(=O)NC4=O)C5=O)cn3)CC2)cc1)c1ccccc1. The molecular formula is C46H45N5O6. The van der Waals surface area contributed by atoms with Crippen molar-refractivity contribution in [3.05, 3.63) is 143 Å². The van der Waals surface area contributed by atoms with Crippen LogP contribution in [0.5, 0.6) is 23.0 Å². The predicted molar refractivity (Wildman–Crippen MR) is 218 cm³/mol. The number of nitrogens with zero attached hydrogens (tertiary/aromatic N) is 4. The van der Waals surface area contributed by atoms with Gasteiger partial charge in [-0.3, -0.25) is 24.6 Å². The van der Waals surface area contributed by atoms with Gasteiger partial charge in [0.1, 0.15) is 41.5 Å². The van der Waals surface area contributed by atoms with Crippen molar-refractivity contribution in [1.82, 2.24) is 20.1 Å². The average Bonchev–Trinajstić information content (AvgIpc) is 3.56. The van der Waals surface area contributed by atoms with Crippen LogP contribution in [0.25, 0.3) is 11.1 Å². The van der Waals surface area contributed by atoms with Crippen molar-refractivity contribution in [1.29, 1.82) is 0 Å². The Labute approximate surface area is 332 Å². The highest BCUT2D eigenvalue weighted by atomic mass is 16.5. The van der Waals surface area contributed by atoms with Gasteiger partial charge in [-0.05, 0) is 101 Å². The molecule has 3 aliphatic heterocycles. The van der Waals surface area contributed by atoms with E-state index in [-0.39, 0.29) is 30.5 Å². The average molecular weight is 764 g/mol. The van der Waals surface area contributed by atoms with Gasteiger partial charge in [0, 0.05) is 51.3 Å². The third-order valence-electron chi connectivity index (χ3n) is 10.9. The molecule has 2 saturated heterocycles. The van der Waals surface area contributed by atoms with Crippen LogP contribution < -0.4 is 19.7 Å². The number of phenolic OH excluding ortho intramolecular Hbond substituents is 1. The van der Waals surface area contributed by atoms with Gasteiger partial charge in [-0.2, -0.15) is 0 Å². The Hall–Kier alpha value is -6.46. The van der Waals surface area contributed by atoms with Crippen molar-refractivity contribution in [2.24, 2.45) is 0 Å². The Balaban J connectivity index is 0.819. The first-order valence-electron chi connectivity index (χ1n) is 19.5. The van der Waals surface area contributed by atoms with E-state index < -0.39 is 11.9 Å². The van der Waals surface area contributed by atoms with E-state index >= 15 is 0 Å². The molecule has 4 aromatic carbocycles. The number of piperazine rings is 1. The van der Waals surface area contributed by atoms with E-state index in [1.165, 1.54) is 16.0 Å². The number of rotatable bonds is 12. The first-order valence-corrected chi connectivity index (χ1v) is 19.5. The van der Waals surface area contributed by atoms with E-state index in [2.05, 4.69) is 63.4 Å². The summed E-state index contributed by atoms with van der Waals surface area (Å²) in [7, 11) is 0. The third-order valence-corrected chi connectivity index (χ3v) is 10.9. The lowest BCUT2D eigenvalue weighted by Gasteiger charge is -2.35. The fourth-order valence-electron chi connectivity index (χ4n) is 7.89. The van der Waals surface area contributed by atoms with Crippen LogP contribution >= 0.6 is 0 Å². The smallest absolute Gasteiger partial charge is 0.255 e. The van der Waals surface area contributed by atoms with Crippen molar-refractivity contribution in [3.63, 3.8) is 0 Å². The summed E-state index contributed by atoms with van der Waals surface area (Å²) >= 11 is 0. The summed E-state index contributed by atoms with van der Waals surface area (Å²) in [6.45, 7) is 7.35. The van der Waals surface area contributed by atoms with E-state index in [0.29, 0.717) is 30.1 Å². The van der Waals surface area contributed by atoms with E-state index in [0.717, 1.165) is 73.0 Å². The molecule has 2 N–H and O–H groups in total. The highest BCUT2D eigenvalue weighted by Gasteiger charge is 2.39. The van der Waals surface area contributed by atoms with Gasteiger partial charge in [-0.25, -0.2) is 4.98 Å². The Kier molecular flexibility index (Phi) is 11.0. The quantitative estimate of drug-likeness (QED) is 0.103. The molecule has 3 aliphatic rings. The fraction of sp³-hybridized carbons (Fsp3) is 0.261. The van der Waals surface area contributed by atoms with Crippen LogP contribution in [-0.4, -0.2) is 83.0 Å². The Bertz CT molecular complexity index is 2270. The molecule has 0 saturated carbocycles. The highest BCUT2D eigenvalue weighted by Crippen LogP contribution is 2.36. The van der Waals surface area contributed by atoms with Crippen molar-refractivity contribution in [2.75, 3.05) is 44.2 Å². The molecule has 57 heavy (non-hydrogen) atoms. The molecule has 0 aliphatic carbocycles. The molecule has 0 spiro atoms. The number of pyridine rings is 1. The van der Waals surface area contributed by atoms with E-state index in [4.69, 9.17) is 9.47 Å². The fourth-order valence-corrected chi connectivity index (χ4v) is 7.89. The summed E-state index contributed by atoms with van der Waals surface area (Å²) in [6.07, 6.45) is 3.11. The van der Waals surface area contributed by atoms with Gasteiger partial charge < -0.3 is 24.4 Å². The lowest BCUT2D eigenvalue weighted by atomic mass is 9.88.